The fraction of sp³-hybridized carbons (Fsp3) is 0.206. The molecule has 5 rings (SSSR count). The zero-order valence-electron chi connectivity index (χ0n) is 22.3. The van der Waals surface area contributed by atoms with Crippen molar-refractivity contribution in [3.63, 3.8) is 0 Å². The van der Waals surface area contributed by atoms with Crippen LogP contribution >= 0.6 is 0 Å². The molecule has 0 spiro atoms. The van der Waals surface area contributed by atoms with Crippen LogP contribution in [0, 0.1) is 0 Å². The van der Waals surface area contributed by atoms with Gasteiger partial charge in [-0.1, -0.05) is 118 Å². The van der Waals surface area contributed by atoms with Gasteiger partial charge in [0.2, 0.25) is 0 Å². The maximum Gasteiger partial charge on any atom is 0.0775 e. The molecule has 0 aliphatic rings. The van der Waals surface area contributed by atoms with Gasteiger partial charge in [0.25, 0.3) is 0 Å². The highest BCUT2D eigenvalue weighted by atomic mass is 28.3. The molecule has 0 aliphatic carbocycles. The highest BCUT2D eigenvalue weighted by Crippen LogP contribution is 2.35. The molecule has 36 heavy (non-hydrogen) atoms. The molecule has 1 aromatic heterocycles. The minimum Gasteiger partial charge on any atom is -0.256 e. The third kappa shape index (κ3) is 4.92. The van der Waals surface area contributed by atoms with Gasteiger partial charge in [-0.3, -0.25) is 4.98 Å². The zero-order chi connectivity index (χ0) is 25.5. The van der Waals surface area contributed by atoms with Crippen molar-refractivity contribution in [1.82, 2.24) is 4.98 Å². The van der Waals surface area contributed by atoms with Crippen molar-refractivity contribution in [3.8, 4) is 33.5 Å². The van der Waals surface area contributed by atoms with Crippen molar-refractivity contribution >= 4 is 24.0 Å². The van der Waals surface area contributed by atoms with E-state index in [-0.39, 0.29) is 5.41 Å². The van der Waals surface area contributed by atoms with Gasteiger partial charge >= 0.3 is 0 Å². The molecule has 0 radical (unpaired) electrons. The summed E-state index contributed by atoms with van der Waals surface area (Å²) in [5.41, 5.74) is 8.49. The van der Waals surface area contributed by atoms with E-state index in [1.807, 2.05) is 6.20 Å². The molecule has 0 unspecified atom stereocenters. The van der Waals surface area contributed by atoms with Crippen LogP contribution in [0.2, 0.25) is 19.6 Å². The Morgan fingerprint density at radius 1 is 0.583 bits per heavy atom. The molecule has 0 saturated carbocycles. The van der Waals surface area contributed by atoms with Crippen LogP contribution in [0.1, 0.15) is 26.3 Å². The number of hydrogen-bond donors (Lipinski definition) is 0. The van der Waals surface area contributed by atoms with Crippen LogP contribution in [-0.4, -0.2) is 13.1 Å². The summed E-state index contributed by atoms with van der Waals surface area (Å²) in [4.78, 5) is 4.76. The standard InChI is InChI=1S/C34H35NSi/c1-34(2,3)32-22-29(21-28-9-7-8-10-31(28)32)33-23-27(19-20-35-33)26-13-11-24(12-14-26)25-15-17-30(18-16-25)36(4,5)6/h7-23H,1-6H3. The quantitative estimate of drug-likeness (QED) is 0.231. The number of rotatable bonds is 4. The van der Waals surface area contributed by atoms with Crippen LogP contribution in [0.25, 0.3) is 44.3 Å². The minimum absolute atomic E-state index is 0.0519. The van der Waals surface area contributed by atoms with E-state index in [1.165, 1.54) is 49.3 Å². The number of benzene rings is 4. The highest BCUT2D eigenvalue weighted by Gasteiger charge is 2.19. The molecule has 0 fully saturated rings. The lowest BCUT2D eigenvalue weighted by Gasteiger charge is -2.22. The first-order chi connectivity index (χ1) is 17.1. The predicted octanol–water partition coefficient (Wildman–Crippen LogP) is 9.08. The summed E-state index contributed by atoms with van der Waals surface area (Å²) in [5, 5.41) is 4.07. The number of fused-ring (bicyclic) bond motifs is 1. The summed E-state index contributed by atoms with van der Waals surface area (Å²) in [5.74, 6) is 0. The molecular formula is C34H35NSi. The lowest BCUT2D eigenvalue weighted by Crippen LogP contribution is -2.37. The molecule has 180 valence electrons. The smallest absolute Gasteiger partial charge is 0.0775 e. The van der Waals surface area contributed by atoms with Gasteiger partial charge in [-0.25, -0.2) is 0 Å². The van der Waals surface area contributed by atoms with Crippen molar-refractivity contribution in [3.05, 3.63) is 109 Å². The SMILES string of the molecule is CC(C)(C)c1cc(-c2cc(-c3ccc(-c4ccc([Si](C)(C)C)cc4)cc3)ccn2)cc2ccccc12. The second kappa shape index (κ2) is 9.18. The molecule has 0 aliphatic heterocycles. The average Bonchev–Trinajstić information content (AvgIpc) is 2.87. The van der Waals surface area contributed by atoms with Crippen LogP contribution in [0.15, 0.2) is 103 Å². The number of hydrogen-bond acceptors (Lipinski definition) is 1. The van der Waals surface area contributed by atoms with E-state index in [4.69, 9.17) is 4.98 Å². The fourth-order valence-electron chi connectivity index (χ4n) is 4.86. The Morgan fingerprint density at radius 2 is 1.17 bits per heavy atom. The van der Waals surface area contributed by atoms with Crippen molar-refractivity contribution in [2.24, 2.45) is 0 Å². The fourth-order valence-corrected chi connectivity index (χ4v) is 6.03. The Balaban J connectivity index is 1.48. The van der Waals surface area contributed by atoms with E-state index in [1.54, 1.807) is 0 Å². The Bertz CT molecular complexity index is 1520. The second-order valence-electron chi connectivity index (χ2n) is 11.8. The topological polar surface area (TPSA) is 12.9 Å². The third-order valence-electron chi connectivity index (χ3n) is 7.03. The molecule has 0 bridgehead atoms. The molecule has 2 heteroatoms. The summed E-state index contributed by atoms with van der Waals surface area (Å²) in [6.45, 7) is 14.0. The first-order valence-electron chi connectivity index (χ1n) is 12.8. The van der Waals surface area contributed by atoms with Crippen LogP contribution < -0.4 is 5.19 Å². The maximum absolute atomic E-state index is 4.76. The van der Waals surface area contributed by atoms with Crippen LogP contribution in [0.4, 0.5) is 0 Å². The van der Waals surface area contributed by atoms with Gasteiger partial charge in [0.15, 0.2) is 0 Å². The van der Waals surface area contributed by atoms with E-state index in [0.717, 1.165) is 5.69 Å². The molecule has 5 aromatic rings. The molecular weight excluding hydrogens is 450 g/mol. The molecule has 1 nitrogen and oxygen atoms in total. The monoisotopic (exact) mass is 485 g/mol. The summed E-state index contributed by atoms with van der Waals surface area (Å²) in [6, 6.07) is 35.6. The number of aromatic nitrogens is 1. The first kappa shape index (κ1) is 24.2. The summed E-state index contributed by atoms with van der Waals surface area (Å²) in [6.07, 6.45) is 1.93. The van der Waals surface area contributed by atoms with Crippen LogP contribution in [0.3, 0.4) is 0 Å². The van der Waals surface area contributed by atoms with E-state index in [9.17, 15) is 0 Å². The van der Waals surface area contributed by atoms with E-state index in [0.29, 0.717) is 0 Å². The Labute approximate surface area is 216 Å². The van der Waals surface area contributed by atoms with Crippen LogP contribution in [0.5, 0.6) is 0 Å². The van der Waals surface area contributed by atoms with Gasteiger partial charge in [0.05, 0.1) is 13.8 Å². The lowest BCUT2D eigenvalue weighted by atomic mass is 9.82. The van der Waals surface area contributed by atoms with Crippen LogP contribution in [-0.2, 0) is 5.41 Å². The number of nitrogens with zero attached hydrogens (tertiary/aromatic N) is 1. The number of pyridine rings is 1. The van der Waals surface area contributed by atoms with E-state index >= 15 is 0 Å². The first-order valence-corrected chi connectivity index (χ1v) is 16.3. The third-order valence-corrected chi connectivity index (χ3v) is 9.09. The van der Waals surface area contributed by atoms with Gasteiger partial charge in [-0.05, 0) is 68.3 Å². The largest absolute Gasteiger partial charge is 0.256 e. The summed E-state index contributed by atoms with van der Waals surface area (Å²) < 4.78 is 0. The second-order valence-corrected chi connectivity index (χ2v) is 16.9. The molecule has 1 heterocycles. The van der Waals surface area contributed by atoms with Crippen molar-refractivity contribution in [2.45, 2.75) is 45.8 Å². The average molecular weight is 486 g/mol. The van der Waals surface area contributed by atoms with Gasteiger partial charge in [0, 0.05) is 11.8 Å². The van der Waals surface area contributed by atoms with Crippen molar-refractivity contribution < 1.29 is 0 Å². The molecule has 0 amide bonds. The maximum atomic E-state index is 4.76. The summed E-state index contributed by atoms with van der Waals surface area (Å²) >= 11 is 0. The Kier molecular flexibility index (Phi) is 6.18. The van der Waals surface area contributed by atoms with Gasteiger partial charge < -0.3 is 0 Å². The Morgan fingerprint density at radius 3 is 1.78 bits per heavy atom. The van der Waals surface area contributed by atoms with E-state index < -0.39 is 8.07 Å². The highest BCUT2D eigenvalue weighted by molar-refractivity contribution is 6.88. The molecule has 4 aromatic carbocycles. The van der Waals surface area contributed by atoms with E-state index in [2.05, 4.69) is 137 Å². The normalized spacial score (nSPS) is 12.2. The molecule has 0 N–H and O–H groups in total. The van der Waals surface area contributed by atoms with Crippen molar-refractivity contribution in [2.75, 3.05) is 0 Å². The summed E-state index contributed by atoms with van der Waals surface area (Å²) in [7, 11) is -1.28. The van der Waals surface area contributed by atoms with Gasteiger partial charge in [-0.15, -0.1) is 0 Å². The predicted molar refractivity (Wildman–Crippen MR) is 160 cm³/mol. The Hall–Kier alpha value is -3.49. The zero-order valence-corrected chi connectivity index (χ0v) is 23.3. The molecule has 0 atom stereocenters. The van der Waals surface area contributed by atoms with Gasteiger partial charge in [-0.2, -0.15) is 0 Å². The van der Waals surface area contributed by atoms with Crippen molar-refractivity contribution in [1.29, 1.82) is 0 Å². The minimum atomic E-state index is -1.28. The molecule has 0 saturated heterocycles. The van der Waals surface area contributed by atoms with Gasteiger partial charge in [0.1, 0.15) is 0 Å². The lowest BCUT2D eigenvalue weighted by molar-refractivity contribution is 0.596.